The second-order valence-electron chi connectivity index (χ2n) is 5.50. The summed E-state index contributed by atoms with van der Waals surface area (Å²) in [6.07, 6.45) is 0.902. The lowest BCUT2D eigenvalue weighted by Crippen LogP contribution is -2.20. The first kappa shape index (κ1) is 15.1. The second kappa shape index (κ2) is 6.43. The van der Waals surface area contributed by atoms with Gasteiger partial charge in [0.2, 0.25) is 0 Å². The number of likely N-dealkylation sites (N-methyl/N-ethyl adjacent to an activating group) is 1. The number of hydrogen-bond donors (Lipinski definition) is 1. The third kappa shape index (κ3) is 3.41. The summed E-state index contributed by atoms with van der Waals surface area (Å²) in [5, 5.41) is 4.27. The fourth-order valence-electron chi connectivity index (χ4n) is 2.62. The van der Waals surface area contributed by atoms with Gasteiger partial charge in [0.25, 0.3) is 0 Å². The molecule has 106 valence electrons. The summed E-state index contributed by atoms with van der Waals surface area (Å²) in [6.45, 7) is 6.36. The summed E-state index contributed by atoms with van der Waals surface area (Å²) >= 11 is 6.36. The number of halogens is 1. The highest BCUT2D eigenvalue weighted by Crippen LogP contribution is 2.26. The first-order chi connectivity index (χ1) is 9.51. The molecule has 0 saturated carbocycles. The Kier molecular flexibility index (Phi) is 4.85. The Hall–Kier alpha value is -1.31. The van der Waals surface area contributed by atoms with Crippen LogP contribution in [-0.4, -0.2) is 7.05 Å². The molecule has 2 heteroatoms. The molecule has 0 aliphatic heterocycles. The van der Waals surface area contributed by atoms with Crippen LogP contribution in [0, 0.1) is 20.8 Å². The van der Waals surface area contributed by atoms with E-state index in [1.165, 1.54) is 27.8 Å². The molecule has 1 N–H and O–H groups in total. The van der Waals surface area contributed by atoms with Crippen molar-refractivity contribution in [1.29, 1.82) is 0 Å². The fraction of sp³-hybridized carbons (Fsp3) is 0.333. The maximum atomic E-state index is 6.36. The van der Waals surface area contributed by atoms with Gasteiger partial charge < -0.3 is 5.32 Å². The minimum atomic E-state index is 0.288. The van der Waals surface area contributed by atoms with Crippen LogP contribution in [0.15, 0.2) is 36.4 Å². The quantitative estimate of drug-likeness (QED) is 0.854. The van der Waals surface area contributed by atoms with E-state index in [0.717, 1.165) is 11.4 Å². The largest absolute Gasteiger partial charge is 0.313 e. The lowest BCUT2D eigenvalue weighted by Gasteiger charge is -2.20. The Bertz CT molecular complexity index is 604. The highest BCUT2D eigenvalue weighted by atomic mass is 35.5. The van der Waals surface area contributed by atoms with E-state index < -0.39 is 0 Å². The number of nitrogens with one attached hydrogen (secondary N) is 1. The highest BCUT2D eigenvalue weighted by molar-refractivity contribution is 6.31. The van der Waals surface area contributed by atoms with E-state index in [-0.39, 0.29) is 6.04 Å². The standard InChI is InChI=1S/C18H22ClN/c1-12-6-8-16(14(3)9-12)18(20-4)11-15-7-5-13(2)10-17(15)19/h5-10,18,20H,11H2,1-4H3. The summed E-state index contributed by atoms with van der Waals surface area (Å²) < 4.78 is 0. The van der Waals surface area contributed by atoms with Gasteiger partial charge in [0.05, 0.1) is 0 Å². The molecule has 0 heterocycles. The number of hydrogen-bond acceptors (Lipinski definition) is 1. The van der Waals surface area contributed by atoms with Crippen molar-refractivity contribution in [3.05, 3.63) is 69.2 Å². The Morgan fingerprint density at radius 2 is 1.65 bits per heavy atom. The Balaban J connectivity index is 2.28. The van der Waals surface area contributed by atoms with Crippen molar-refractivity contribution in [2.75, 3.05) is 7.05 Å². The van der Waals surface area contributed by atoms with Crippen LogP contribution in [0.25, 0.3) is 0 Å². The smallest absolute Gasteiger partial charge is 0.0441 e. The zero-order valence-electron chi connectivity index (χ0n) is 12.6. The number of aryl methyl sites for hydroxylation is 3. The summed E-state index contributed by atoms with van der Waals surface area (Å²) in [7, 11) is 2.01. The van der Waals surface area contributed by atoms with E-state index in [1.807, 2.05) is 13.1 Å². The van der Waals surface area contributed by atoms with Crippen molar-refractivity contribution in [3.8, 4) is 0 Å². The van der Waals surface area contributed by atoms with E-state index in [2.05, 4.69) is 56.4 Å². The van der Waals surface area contributed by atoms with Crippen LogP contribution in [-0.2, 0) is 6.42 Å². The molecule has 0 aromatic heterocycles. The summed E-state index contributed by atoms with van der Waals surface area (Å²) in [4.78, 5) is 0. The molecule has 2 aromatic rings. The normalized spacial score (nSPS) is 12.4. The molecule has 0 spiro atoms. The highest BCUT2D eigenvalue weighted by Gasteiger charge is 2.14. The SMILES string of the molecule is CNC(Cc1ccc(C)cc1Cl)c1ccc(C)cc1C. The summed E-state index contributed by atoms with van der Waals surface area (Å²) in [5.74, 6) is 0. The topological polar surface area (TPSA) is 12.0 Å². The van der Waals surface area contributed by atoms with Crippen molar-refractivity contribution in [2.45, 2.75) is 33.2 Å². The van der Waals surface area contributed by atoms with E-state index in [4.69, 9.17) is 11.6 Å². The molecule has 0 bridgehead atoms. The van der Waals surface area contributed by atoms with Crippen molar-refractivity contribution >= 4 is 11.6 Å². The van der Waals surface area contributed by atoms with Crippen LogP contribution < -0.4 is 5.32 Å². The van der Waals surface area contributed by atoms with E-state index in [1.54, 1.807) is 0 Å². The fourth-order valence-corrected chi connectivity index (χ4v) is 2.93. The van der Waals surface area contributed by atoms with Crippen molar-refractivity contribution < 1.29 is 0 Å². The van der Waals surface area contributed by atoms with Gasteiger partial charge in [-0.15, -0.1) is 0 Å². The van der Waals surface area contributed by atoms with Crippen LogP contribution in [0.4, 0.5) is 0 Å². The molecule has 1 unspecified atom stereocenters. The third-order valence-corrected chi connectivity index (χ3v) is 4.13. The molecule has 1 atom stereocenters. The molecule has 20 heavy (non-hydrogen) atoms. The first-order valence-electron chi connectivity index (χ1n) is 7.00. The third-order valence-electron chi connectivity index (χ3n) is 3.78. The van der Waals surface area contributed by atoms with Gasteiger partial charge >= 0.3 is 0 Å². The van der Waals surface area contributed by atoms with Gasteiger partial charge in [0.1, 0.15) is 0 Å². The minimum absolute atomic E-state index is 0.288. The lowest BCUT2D eigenvalue weighted by molar-refractivity contribution is 0.589. The van der Waals surface area contributed by atoms with Crippen LogP contribution in [0.5, 0.6) is 0 Å². The Labute approximate surface area is 127 Å². The average Bonchev–Trinajstić information content (AvgIpc) is 2.39. The van der Waals surface area contributed by atoms with Crippen LogP contribution >= 0.6 is 11.6 Å². The molecule has 0 saturated heterocycles. The van der Waals surface area contributed by atoms with Gasteiger partial charge in [-0.1, -0.05) is 47.5 Å². The van der Waals surface area contributed by atoms with Crippen LogP contribution in [0.3, 0.4) is 0 Å². The summed E-state index contributed by atoms with van der Waals surface area (Å²) in [6, 6.07) is 13.2. The van der Waals surface area contributed by atoms with E-state index in [0.29, 0.717) is 0 Å². The predicted octanol–water partition coefficient (Wildman–Crippen LogP) is 4.77. The van der Waals surface area contributed by atoms with Crippen molar-refractivity contribution in [1.82, 2.24) is 5.32 Å². The van der Waals surface area contributed by atoms with Crippen LogP contribution in [0.2, 0.25) is 5.02 Å². The molecule has 1 nitrogen and oxygen atoms in total. The van der Waals surface area contributed by atoms with Gasteiger partial charge in [-0.3, -0.25) is 0 Å². The Morgan fingerprint density at radius 1 is 1.00 bits per heavy atom. The molecule has 0 fully saturated rings. The van der Waals surface area contributed by atoms with Crippen molar-refractivity contribution in [3.63, 3.8) is 0 Å². The molecular weight excluding hydrogens is 266 g/mol. The molecular formula is C18H22ClN. The van der Waals surface area contributed by atoms with E-state index in [9.17, 15) is 0 Å². The monoisotopic (exact) mass is 287 g/mol. The number of benzene rings is 2. The molecule has 2 aromatic carbocycles. The van der Waals surface area contributed by atoms with Gasteiger partial charge in [-0.2, -0.15) is 0 Å². The minimum Gasteiger partial charge on any atom is -0.313 e. The maximum Gasteiger partial charge on any atom is 0.0441 e. The van der Waals surface area contributed by atoms with E-state index >= 15 is 0 Å². The number of rotatable bonds is 4. The second-order valence-corrected chi connectivity index (χ2v) is 5.91. The Morgan fingerprint density at radius 3 is 2.25 bits per heavy atom. The molecule has 0 amide bonds. The van der Waals surface area contributed by atoms with Gasteiger partial charge in [-0.05, 0) is 62.6 Å². The average molecular weight is 288 g/mol. The zero-order chi connectivity index (χ0) is 14.7. The molecule has 0 aliphatic carbocycles. The van der Waals surface area contributed by atoms with Crippen LogP contribution in [0.1, 0.15) is 33.9 Å². The molecule has 2 rings (SSSR count). The van der Waals surface area contributed by atoms with Gasteiger partial charge in [0.15, 0.2) is 0 Å². The summed E-state index contributed by atoms with van der Waals surface area (Å²) in [5.41, 5.74) is 6.36. The van der Waals surface area contributed by atoms with Gasteiger partial charge in [-0.25, -0.2) is 0 Å². The zero-order valence-corrected chi connectivity index (χ0v) is 13.4. The molecule has 0 aliphatic rings. The molecule has 0 radical (unpaired) electrons. The van der Waals surface area contributed by atoms with Gasteiger partial charge in [0, 0.05) is 11.1 Å². The lowest BCUT2D eigenvalue weighted by atomic mass is 9.94. The maximum absolute atomic E-state index is 6.36. The van der Waals surface area contributed by atoms with Crippen molar-refractivity contribution in [2.24, 2.45) is 0 Å². The predicted molar refractivity (Wildman–Crippen MR) is 87.6 cm³/mol. The first-order valence-corrected chi connectivity index (χ1v) is 7.38.